The van der Waals surface area contributed by atoms with E-state index in [1.807, 2.05) is 0 Å². The first-order chi connectivity index (χ1) is 12.5. The molecule has 0 atom stereocenters. The number of halogens is 2. The number of carbonyl (C=O) groups excluding carboxylic acids is 2. The van der Waals surface area contributed by atoms with E-state index in [9.17, 15) is 18.4 Å². The Balaban J connectivity index is 1.87. The molecule has 0 bridgehead atoms. The van der Waals surface area contributed by atoms with Gasteiger partial charge in [-0.2, -0.15) is 8.78 Å². The second-order valence-corrected chi connectivity index (χ2v) is 5.98. The van der Waals surface area contributed by atoms with E-state index < -0.39 is 12.5 Å². The number of hydrogen-bond acceptors (Lipinski definition) is 3. The van der Waals surface area contributed by atoms with Crippen LogP contribution < -0.4 is 15.4 Å². The molecular formula is C19H18F2N2O3. The van der Waals surface area contributed by atoms with Crippen LogP contribution in [0.5, 0.6) is 5.75 Å². The molecule has 2 aromatic carbocycles. The third-order valence-electron chi connectivity index (χ3n) is 4.35. The molecule has 0 aliphatic carbocycles. The maximum Gasteiger partial charge on any atom is 0.387 e. The lowest BCUT2D eigenvalue weighted by Crippen LogP contribution is -2.37. The van der Waals surface area contributed by atoms with Crippen molar-refractivity contribution in [2.75, 3.05) is 11.4 Å². The predicted octanol–water partition coefficient (Wildman–Crippen LogP) is 2.91. The Bertz CT molecular complexity index is 839. The number of ether oxygens (including phenoxy) is 1. The Morgan fingerprint density at radius 2 is 1.92 bits per heavy atom. The van der Waals surface area contributed by atoms with Gasteiger partial charge in [-0.1, -0.05) is 24.3 Å². The van der Waals surface area contributed by atoms with E-state index in [0.717, 1.165) is 5.56 Å². The Hall–Kier alpha value is -2.96. The van der Waals surface area contributed by atoms with Gasteiger partial charge in [0.25, 0.3) is 0 Å². The van der Waals surface area contributed by atoms with Crippen LogP contribution in [-0.2, 0) is 17.6 Å². The minimum Gasteiger partial charge on any atom is -0.435 e. The molecule has 2 aromatic rings. The molecule has 0 saturated carbocycles. The number of amides is 2. The quantitative estimate of drug-likeness (QED) is 0.891. The van der Waals surface area contributed by atoms with Crippen molar-refractivity contribution in [3.05, 3.63) is 59.2 Å². The molecule has 0 unspecified atom stereocenters. The fraction of sp³-hybridized carbons (Fsp3) is 0.263. The van der Waals surface area contributed by atoms with Gasteiger partial charge in [0.2, 0.25) is 11.8 Å². The van der Waals surface area contributed by atoms with Gasteiger partial charge in [0, 0.05) is 23.4 Å². The molecule has 0 aromatic heterocycles. The monoisotopic (exact) mass is 360 g/mol. The second kappa shape index (κ2) is 7.51. The molecule has 1 heterocycles. The van der Waals surface area contributed by atoms with Gasteiger partial charge in [-0.15, -0.1) is 0 Å². The average molecular weight is 360 g/mol. The molecule has 7 heteroatoms. The highest BCUT2D eigenvalue weighted by Crippen LogP contribution is 2.31. The minimum absolute atomic E-state index is 0.0148. The van der Waals surface area contributed by atoms with Crippen LogP contribution in [-0.4, -0.2) is 25.0 Å². The molecule has 0 spiro atoms. The molecule has 136 valence electrons. The predicted molar refractivity (Wildman–Crippen MR) is 92.4 cm³/mol. The highest BCUT2D eigenvalue weighted by Gasteiger charge is 2.26. The molecule has 0 saturated heterocycles. The van der Waals surface area contributed by atoms with E-state index in [2.05, 4.69) is 4.74 Å². The Morgan fingerprint density at radius 1 is 1.15 bits per heavy atom. The zero-order valence-corrected chi connectivity index (χ0v) is 14.0. The smallest absolute Gasteiger partial charge is 0.387 e. The zero-order chi connectivity index (χ0) is 18.7. The van der Waals surface area contributed by atoms with Crippen LogP contribution in [0, 0.1) is 0 Å². The number of benzene rings is 2. The Kier molecular flexibility index (Phi) is 5.16. The van der Waals surface area contributed by atoms with Crippen LogP contribution in [0.15, 0.2) is 42.5 Å². The number of para-hydroxylation sites is 1. The van der Waals surface area contributed by atoms with Gasteiger partial charge < -0.3 is 15.4 Å². The van der Waals surface area contributed by atoms with Crippen LogP contribution in [0.3, 0.4) is 0 Å². The van der Waals surface area contributed by atoms with Gasteiger partial charge in [-0.05, 0) is 36.6 Å². The summed E-state index contributed by atoms with van der Waals surface area (Å²) in [5.74, 6) is -0.802. The number of primary amides is 1. The summed E-state index contributed by atoms with van der Waals surface area (Å²) in [6.45, 7) is -2.47. The summed E-state index contributed by atoms with van der Waals surface area (Å²) >= 11 is 0. The minimum atomic E-state index is -2.96. The van der Waals surface area contributed by atoms with Gasteiger partial charge in [0.1, 0.15) is 5.75 Å². The maximum atomic E-state index is 12.8. The average Bonchev–Trinajstić information content (AvgIpc) is 2.61. The summed E-state index contributed by atoms with van der Waals surface area (Å²) in [5, 5.41) is 0. The van der Waals surface area contributed by atoms with Gasteiger partial charge in [0.05, 0.1) is 6.42 Å². The fourth-order valence-corrected chi connectivity index (χ4v) is 3.23. The van der Waals surface area contributed by atoms with Crippen molar-refractivity contribution in [3.8, 4) is 5.75 Å². The number of alkyl halides is 2. The number of fused-ring (bicyclic) bond motifs is 1. The van der Waals surface area contributed by atoms with Crippen molar-refractivity contribution >= 4 is 17.5 Å². The lowest BCUT2D eigenvalue weighted by Gasteiger charge is -2.30. The van der Waals surface area contributed by atoms with E-state index in [-0.39, 0.29) is 18.1 Å². The van der Waals surface area contributed by atoms with E-state index in [4.69, 9.17) is 5.73 Å². The summed E-state index contributed by atoms with van der Waals surface area (Å²) in [6.07, 6.45) is 1.27. The lowest BCUT2D eigenvalue weighted by atomic mass is 9.95. The third kappa shape index (κ3) is 3.66. The molecule has 0 fully saturated rings. The zero-order valence-electron chi connectivity index (χ0n) is 14.0. The topological polar surface area (TPSA) is 72.6 Å². The van der Waals surface area contributed by atoms with Crippen LogP contribution in [0.4, 0.5) is 14.5 Å². The molecule has 1 aliphatic rings. The van der Waals surface area contributed by atoms with Crippen molar-refractivity contribution in [1.29, 1.82) is 0 Å². The third-order valence-corrected chi connectivity index (χ3v) is 4.35. The molecular weight excluding hydrogens is 342 g/mol. The highest BCUT2D eigenvalue weighted by atomic mass is 19.3. The Morgan fingerprint density at radius 3 is 2.65 bits per heavy atom. The van der Waals surface area contributed by atoms with Crippen LogP contribution in [0.1, 0.15) is 27.9 Å². The number of nitrogens with two attached hydrogens (primary N) is 1. The summed E-state index contributed by atoms with van der Waals surface area (Å²) in [5.41, 5.74) is 7.60. The number of nitrogens with zero attached hydrogens (tertiary/aromatic N) is 1. The van der Waals surface area contributed by atoms with Crippen molar-refractivity contribution in [3.63, 3.8) is 0 Å². The first-order valence-corrected chi connectivity index (χ1v) is 8.22. The van der Waals surface area contributed by atoms with Gasteiger partial charge in [-0.25, -0.2) is 0 Å². The fourth-order valence-electron chi connectivity index (χ4n) is 3.23. The standard InChI is InChI=1S/C19H18F2N2O3/c20-19(21)26-16-9-2-1-5-12(16)11-17(24)23-10-4-7-13-14(18(22)25)6-3-8-15(13)23/h1-3,5-6,8-9,19H,4,7,10-11H2,(H2,22,25). The van der Waals surface area contributed by atoms with Crippen molar-refractivity contribution in [1.82, 2.24) is 0 Å². The summed E-state index contributed by atoms with van der Waals surface area (Å²) in [4.78, 5) is 26.0. The van der Waals surface area contributed by atoms with Gasteiger partial charge in [0.15, 0.2) is 0 Å². The number of anilines is 1. The maximum absolute atomic E-state index is 12.8. The largest absolute Gasteiger partial charge is 0.435 e. The number of rotatable bonds is 5. The lowest BCUT2D eigenvalue weighted by molar-refractivity contribution is -0.118. The van der Waals surface area contributed by atoms with E-state index in [1.165, 1.54) is 6.07 Å². The van der Waals surface area contributed by atoms with E-state index in [0.29, 0.717) is 36.2 Å². The van der Waals surface area contributed by atoms with Crippen LogP contribution in [0.2, 0.25) is 0 Å². The summed E-state index contributed by atoms with van der Waals surface area (Å²) < 4.78 is 29.6. The van der Waals surface area contributed by atoms with Crippen molar-refractivity contribution < 1.29 is 23.1 Å². The van der Waals surface area contributed by atoms with Crippen LogP contribution in [0.25, 0.3) is 0 Å². The van der Waals surface area contributed by atoms with E-state index in [1.54, 1.807) is 41.3 Å². The van der Waals surface area contributed by atoms with Gasteiger partial charge in [-0.3, -0.25) is 9.59 Å². The molecule has 26 heavy (non-hydrogen) atoms. The molecule has 2 N–H and O–H groups in total. The number of carbonyl (C=O) groups is 2. The second-order valence-electron chi connectivity index (χ2n) is 5.98. The normalized spacial score (nSPS) is 13.4. The molecule has 3 rings (SSSR count). The summed E-state index contributed by atoms with van der Waals surface area (Å²) in [6, 6.07) is 11.3. The molecule has 0 radical (unpaired) electrons. The molecule has 1 aliphatic heterocycles. The van der Waals surface area contributed by atoms with E-state index >= 15 is 0 Å². The van der Waals surface area contributed by atoms with Crippen molar-refractivity contribution in [2.45, 2.75) is 25.9 Å². The number of hydrogen-bond donors (Lipinski definition) is 1. The van der Waals surface area contributed by atoms with Gasteiger partial charge >= 0.3 is 6.61 Å². The first-order valence-electron chi connectivity index (χ1n) is 8.22. The Labute approximate surface area is 149 Å². The highest BCUT2D eigenvalue weighted by molar-refractivity contribution is 6.00. The van der Waals surface area contributed by atoms with Crippen LogP contribution >= 0.6 is 0 Å². The SMILES string of the molecule is NC(=O)c1cccc2c1CCCN2C(=O)Cc1ccccc1OC(F)F. The first kappa shape index (κ1) is 17.8. The molecule has 5 nitrogen and oxygen atoms in total. The summed E-state index contributed by atoms with van der Waals surface area (Å²) in [7, 11) is 0. The molecule has 2 amide bonds. The van der Waals surface area contributed by atoms with Crippen molar-refractivity contribution in [2.24, 2.45) is 5.73 Å².